The van der Waals surface area contributed by atoms with E-state index in [0.717, 1.165) is 5.39 Å². The van der Waals surface area contributed by atoms with E-state index in [4.69, 9.17) is 15.9 Å². The number of furan rings is 1. The van der Waals surface area contributed by atoms with Crippen LogP contribution in [0.15, 0.2) is 46.9 Å². The minimum Gasteiger partial charge on any atom is -0.460 e. The molecule has 1 aromatic heterocycles. The summed E-state index contributed by atoms with van der Waals surface area (Å²) in [6.07, 6.45) is 0.643. The molecule has 0 atom stereocenters. The third kappa shape index (κ3) is 2.14. The molecular formula is C17H16N2O2. The van der Waals surface area contributed by atoms with Gasteiger partial charge < -0.3 is 15.9 Å². The van der Waals surface area contributed by atoms with Crippen LogP contribution in [0.4, 0.5) is 11.4 Å². The molecule has 2 aromatic carbocycles. The number of anilines is 2. The molecule has 0 aliphatic rings. The van der Waals surface area contributed by atoms with Crippen LogP contribution in [0.5, 0.6) is 0 Å². The zero-order valence-corrected chi connectivity index (χ0v) is 11.7. The SMILES string of the molecule is CCc1oc2ccccc2c1C(=O)c1ccc(N)cc1N. The van der Waals surface area contributed by atoms with Crippen LogP contribution in [0.2, 0.25) is 0 Å². The topological polar surface area (TPSA) is 82.2 Å². The molecule has 0 amide bonds. The van der Waals surface area contributed by atoms with Gasteiger partial charge in [-0.2, -0.15) is 0 Å². The molecule has 3 rings (SSSR count). The van der Waals surface area contributed by atoms with Gasteiger partial charge in [0.2, 0.25) is 0 Å². The van der Waals surface area contributed by atoms with Gasteiger partial charge in [-0.15, -0.1) is 0 Å². The Morgan fingerprint density at radius 2 is 1.90 bits per heavy atom. The Morgan fingerprint density at radius 3 is 2.62 bits per heavy atom. The molecular weight excluding hydrogens is 264 g/mol. The number of nitrogens with two attached hydrogens (primary N) is 2. The first-order valence-electron chi connectivity index (χ1n) is 6.82. The van der Waals surface area contributed by atoms with Gasteiger partial charge in [0.1, 0.15) is 11.3 Å². The third-order valence-corrected chi connectivity index (χ3v) is 3.54. The van der Waals surface area contributed by atoms with E-state index in [1.54, 1.807) is 18.2 Å². The molecule has 0 unspecified atom stereocenters. The number of fused-ring (bicyclic) bond motifs is 1. The lowest BCUT2D eigenvalue weighted by molar-refractivity contribution is 0.103. The van der Waals surface area contributed by atoms with Crippen molar-refractivity contribution in [3.05, 3.63) is 59.4 Å². The lowest BCUT2D eigenvalue weighted by Gasteiger charge is -2.06. The number of hydrogen-bond acceptors (Lipinski definition) is 4. The summed E-state index contributed by atoms with van der Waals surface area (Å²) >= 11 is 0. The number of benzene rings is 2. The molecule has 0 spiro atoms. The maximum atomic E-state index is 12.9. The van der Waals surface area contributed by atoms with Crippen molar-refractivity contribution in [2.24, 2.45) is 0 Å². The zero-order chi connectivity index (χ0) is 15.0. The van der Waals surface area contributed by atoms with Gasteiger partial charge in [-0.1, -0.05) is 25.1 Å². The van der Waals surface area contributed by atoms with Crippen LogP contribution in [0.25, 0.3) is 11.0 Å². The van der Waals surface area contributed by atoms with Crippen molar-refractivity contribution in [3.63, 3.8) is 0 Å². The number of ketones is 1. The largest absolute Gasteiger partial charge is 0.460 e. The highest BCUT2D eigenvalue weighted by Gasteiger charge is 2.22. The van der Waals surface area contributed by atoms with Crippen molar-refractivity contribution in [2.75, 3.05) is 11.5 Å². The summed E-state index contributed by atoms with van der Waals surface area (Å²) in [6.45, 7) is 1.96. The van der Waals surface area contributed by atoms with Crippen LogP contribution in [0, 0.1) is 0 Å². The average Bonchev–Trinajstić information content (AvgIpc) is 2.85. The molecule has 1 heterocycles. The van der Waals surface area contributed by atoms with Crippen LogP contribution in [0.1, 0.15) is 28.6 Å². The summed E-state index contributed by atoms with van der Waals surface area (Å²) in [4.78, 5) is 12.9. The molecule has 0 bridgehead atoms. The Bertz CT molecular complexity index is 834. The first kappa shape index (κ1) is 13.2. The van der Waals surface area contributed by atoms with Crippen molar-refractivity contribution in [1.29, 1.82) is 0 Å². The van der Waals surface area contributed by atoms with E-state index in [9.17, 15) is 4.79 Å². The molecule has 0 fully saturated rings. The van der Waals surface area contributed by atoms with Gasteiger partial charge in [0.25, 0.3) is 0 Å². The number of hydrogen-bond donors (Lipinski definition) is 2. The van der Waals surface area contributed by atoms with Gasteiger partial charge in [0.15, 0.2) is 5.78 Å². The molecule has 4 nitrogen and oxygen atoms in total. The summed E-state index contributed by atoms with van der Waals surface area (Å²) in [5.41, 5.74) is 14.3. The lowest BCUT2D eigenvalue weighted by atomic mass is 9.98. The van der Waals surface area contributed by atoms with E-state index < -0.39 is 0 Å². The van der Waals surface area contributed by atoms with Gasteiger partial charge in [0, 0.05) is 28.7 Å². The standard InChI is InChI=1S/C17H16N2O2/c1-2-14-16(12-5-3-4-6-15(12)21-14)17(20)11-8-7-10(18)9-13(11)19/h3-9H,2,18-19H2,1H3. The monoisotopic (exact) mass is 280 g/mol. The molecule has 0 aliphatic carbocycles. The summed E-state index contributed by atoms with van der Waals surface area (Å²) < 4.78 is 5.77. The maximum absolute atomic E-state index is 12.9. The predicted octanol–water partition coefficient (Wildman–Crippen LogP) is 3.39. The van der Waals surface area contributed by atoms with Crippen LogP contribution in [-0.2, 0) is 6.42 Å². The molecule has 0 radical (unpaired) electrons. The minimum atomic E-state index is -0.130. The number of carbonyl (C=O) groups is 1. The normalized spacial score (nSPS) is 10.9. The summed E-state index contributed by atoms with van der Waals surface area (Å²) in [6, 6.07) is 12.5. The molecule has 3 aromatic rings. The maximum Gasteiger partial charge on any atom is 0.199 e. The van der Waals surface area contributed by atoms with Crippen LogP contribution >= 0.6 is 0 Å². The minimum absolute atomic E-state index is 0.130. The highest BCUT2D eigenvalue weighted by Crippen LogP contribution is 2.30. The molecule has 106 valence electrons. The highest BCUT2D eigenvalue weighted by molar-refractivity contribution is 6.19. The van der Waals surface area contributed by atoms with E-state index >= 15 is 0 Å². The van der Waals surface area contributed by atoms with Crippen molar-refractivity contribution in [2.45, 2.75) is 13.3 Å². The fraction of sp³-hybridized carbons (Fsp3) is 0.118. The van der Waals surface area contributed by atoms with Crippen molar-refractivity contribution in [3.8, 4) is 0 Å². The second-order valence-corrected chi connectivity index (χ2v) is 4.93. The Labute approximate surface area is 122 Å². The summed E-state index contributed by atoms with van der Waals surface area (Å²) in [5.74, 6) is 0.548. The number of rotatable bonds is 3. The second kappa shape index (κ2) is 4.98. The quantitative estimate of drug-likeness (QED) is 0.569. The average molecular weight is 280 g/mol. The zero-order valence-electron chi connectivity index (χ0n) is 11.7. The van der Waals surface area contributed by atoms with E-state index in [-0.39, 0.29) is 5.78 Å². The fourth-order valence-corrected chi connectivity index (χ4v) is 2.52. The number of nitrogen functional groups attached to an aromatic ring is 2. The molecule has 0 saturated carbocycles. The molecule has 4 N–H and O–H groups in total. The Hall–Kier alpha value is -2.75. The lowest BCUT2D eigenvalue weighted by Crippen LogP contribution is -2.07. The molecule has 0 saturated heterocycles. The smallest absolute Gasteiger partial charge is 0.199 e. The molecule has 0 aliphatic heterocycles. The first-order valence-corrected chi connectivity index (χ1v) is 6.82. The molecule has 21 heavy (non-hydrogen) atoms. The van der Waals surface area contributed by atoms with Gasteiger partial charge >= 0.3 is 0 Å². The fourth-order valence-electron chi connectivity index (χ4n) is 2.52. The number of aryl methyl sites for hydroxylation is 1. The van der Waals surface area contributed by atoms with Crippen LogP contribution in [0.3, 0.4) is 0 Å². The van der Waals surface area contributed by atoms with Crippen molar-refractivity contribution in [1.82, 2.24) is 0 Å². The Balaban J connectivity index is 2.21. The van der Waals surface area contributed by atoms with Gasteiger partial charge in [0.05, 0.1) is 5.56 Å². The summed E-state index contributed by atoms with van der Waals surface area (Å²) in [5, 5.41) is 0.815. The number of carbonyl (C=O) groups excluding carboxylic acids is 1. The Kier molecular flexibility index (Phi) is 3.14. The van der Waals surface area contributed by atoms with E-state index in [1.807, 2.05) is 31.2 Å². The van der Waals surface area contributed by atoms with Gasteiger partial charge in [-0.25, -0.2) is 0 Å². The van der Waals surface area contributed by atoms with Crippen LogP contribution < -0.4 is 11.5 Å². The van der Waals surface area contributed by atoms with Gasteiger partial charge in [-0.05, 0) is 24.3 Å². The van der Waals surface area contributed by atoms with Crippen LogP contribution in [-0.4, -0.2) is 5.78 Å². The van der Waals surface area contributed by atoms with Gasteiger partial charge in [-0.3, -0.25) is 4.79 Å². The first-order chi connectivity index (χ1) is 10.1. The number of para-hydroxylation sites is 1. The highest BCUT2D eigenvalue weighted by atomic mass is 16.3. The third-order valence-electron chi connectivity index (χ3n) is 3.54. The van der Waals surface area contributed by atoms with Crippen molar-refractivity contribution >= 4 is 28.1 Å². The van der Waals surface area contributed by atoms with E-state index in [1.165, 1.54) is 0 Å². The molecule has 4 heteroatoms. The second-order valence-electron chi connectivity index (χ2n) is 4.93. The van der Waals surface area contributed by atoms with E-state index in [2.05, 4.69) is 0 Å². The Morgan fingerprint density at radius 1 is 1.14 bits per heavy atom. The van der Waals surface area contributed by atoms with E-state index in [0.29, 0.717) is 40.3 Å². The van der Waals surface area contributed by atoms with Crippen molar-refractivity contribution < 1.29 is 9.21 Å². The predicted molar refractivity (Wildman–Crippen MR) is 84.3 cm³/mol. The summed E-state index contributed by atoms with van der Waals surface area (Å²) in [7, 11) is 0.